The van der Waals surface area contributed by atoms with Crippen LogP contribution in [-0.4, -0.2) is 37.0 Å². The van der Waals surface area contributed by atoms with Crippen LogP contribution in [0, 0.1) is 0 Å². The van der Waals surface area contributed by atoms with Gasteiger partial charge in [0.25, 0.3) is 0 Å². The number of carboxylic acids is 1. The molecule has 0 fully saturated rings. The number of aliphatic carboxylic acids is 1. The van der Waals surface area contributed by atoms with E-state index >= 15 is 0 Å². The third-order valence-corrected chi connectivity index (χ3v) is 4.57. The van der Waals surface area contributed by atoms with E-state index in [2.05, 4.69) is 0 Å². The van der Waals surface area contributed by atoms with Crippen molar-refractivity contribution in [2.24, 2.45) is 0 Å². The average molecular weight is 381 g/mol. The number of hydrogen-bond acceptors (Lipinski definition) is 4. The van der Waals surface area contributed by atoms with Crippen molar-refractivity contribution in [3.8, 4) is 34.2 Å². The summed E-state index contributed by atoms with van der Waals surface area (Å²) in [6.07, 6.45) is 0.450. The van der Waals surface area contributed by atoms with E-state index in [1.54, 1.807) is 21.3 Å². The monoisotopic (exact) mass is 381 g/mol. The molecule has 0 aliphatic rings. The van der Waals surface area contributed by atoms with Crippen molar-refractivity contribution in [1.29, 1.82) is 0 Å². The van der Waals surface area contributed by atoms with Crippen molar-refractivity contribution in [3.05, 3.63) is 60.3 Å². The summed E-state index contributed by atoms with van der Waals surface area (Å²) in [7, 11) is 4.83. The first-order valence-electron chi connectivity index (χ1n) is 8.86. The molecule has 0 aliphatic heterocycles. The highest BCUT2D eigenvalue weighted by molar-refractivity contribution is 5.69. The molecule has 0 spiro atoms. The molecule has 0 saturated heterocycles. The number of hydrogen-bond donors (Lipinski definition) is 1. The molecular weight excluding hydrogens is 358 g/mol. The van der Waals surface area contributed by atoms with Crippen molar-refractivity contribution in [2.45, 2.75) is 12.8 Å². The maximum atomic E-state index is 11.1. The fraction of sp³-hybridized carbons (Fsp3) is 0.227. The molecule has 3 rings (SSSR count). The molecule has 146 valence electrons. The highest BCUT2D eigenvalue weighted by Crippen LogP contribution is 2.34. The molecule has 0 unspecified atom stereocenters. The normalized spacial score (nSPS) is 10.5. The van der Waals surface area contributed by atoms with Gasteiger partial charge in [0.2, 0.25) is 0 Å². The molecule has 6 nitrogen and oxygen atoms in total. The van der Waals surface area contributed by atoms with Gasteiger partial charge in [0.1, 0.15) is 17.2 Å². The Kier molecular flexibility index (Phi) is 5.89. The van der Waals surface area contributed by atoms with Crippen molar-refractivity contribution in [2.75, 3.05) is 21.3 Å². The molecule has 0 saturated carbocycles. The van der Waals surface area contributed by atoms with Crippen molar-refractivity contribution >= 4 is 5.97 Å². The number of methoxy groups -OCH3 is 3. The van der Waals surface area contributed by atoms with Crippen molar-refractivity contribution in [3.63, 3.8) is 0 Å². The molecule has 2 aromatic carbocycles. The van der Waals surface area contributed by atoms with Crippen LogP contribution in [0.2, 0.25) is 0 Å². The summed E-state index contributed by atoms with van der Waals surface area (Å²) >= 11 is 0. The second kappa shape index (κ2) is 8.52. The summed E-state index contributed by atoms with van der Waals surface area (Å²) in [4.78, 5) is 11.1. The van der Waals surface area contributed by atoms with Gasteiger partial charge < -0.3 is 23.9 Å². The number of ether oxygens (including phenoxy) is 3. The lowest BCUT2D eigenvalue weighted by molar-refractivity contribution is -0.136. The van der Waals surface area contributed by atoms with Crippen LogP contribution in [0.5, 0.6) is 17.2 Å². The Balaban J connectivity index is 2.15. The van der Waals surface area contributed by atoms with Gasteiger partial charge in [0.15, 0.2) is 0 Å². The molecule has 6 heteroatoms. The van der Waals surface area contributed by atoms with E-state index in [9.17, 15) is 4.79 Å². The lowest BCUT2D eigenvalue weighted by Crippen LogP contribution is -2.07. The van der Waals surface area contributed by atoms with Crippen molar-refractivity contribution in [1.82, 2.24) is 4.57 Å². The van der Waals surface area contributed by atoms with E-state index in [0.29, 0.717) is 17.9 Å². The fourth-order valence-corrected chi connectivity index (χ4v) is 3.15. The Labute approximate surface area is 163 Å². The standard InChI is InChI=1S/C22H23NO5/c1-26-17-8-4-15(5-9-17)19-11-6-16(7-13-22(24)25)23(19)20-12-10-18(27-2)14-21(20)28-3/h4-6,8-12,14H,7,13H2,1-3H3,(H,24,25). The predicted octanol–water partition coefficient (Wildman–Crippen LogP) is 4.19. The van der Waals surface area contributed by atoms with Crippen LogP contribution in [-0.2, 0) is 11.2 Å². The quantitative estimate of drug-likeness (QED) is 0.634. The van der Waals surface area contributed by atoms with E-state index < -0.39 is 5.97 Å². The number of carboxylic acid groups (broad SMARTS) is 1. The number of rotatable bonds is 8. The zero-order valence-corrected chi connectivity index (χ0v) is 16.1. The Bertz CT molecular complexity index is 960. The SMILES string of the molecule is COc1ccc(-c2ccc(CCC(=O)O)n2-c2ccc(OC)cc2OC)cc1. The smallest absolute Gasteiger partial charge is 0.303 e. The molecule has 0 bridgehead atoms. The van der Waals surface area contributed by atoms with Gasteiger partial charge in [-0.15, -0.1) is 0 Å². The zero-order valence-electron chi connectivity index (χ0n) is 16.1. The molecule has 3 aromatic rings. The van der Waals surface area contributed by atoms with E-state index in [-0.39, 0.29) is 6.42 Å². The number of aromatic nitrogens is 1. The highest BCUT2D eigenvalue weighted by atomic mass is 16.5. The molecule has 0 amide bonds. The number of carbonyl (C=O) groups is 1. The second-order valence-corrected chi connectivity index (χ2v) is 6.21. The summed E-state index contributed by atoms with van der Waals surface area (Å²) in [6, 6.07) is 17.3. The number of aryl methyl sites for hydroxylation is 1. The minimum atomic E-state index is -0.833. The first-order chi connectivity index (χ1) is 13.6. The Hall–Kier alpha value is -3.41. The number of nitrogens with zero attached hydrogens (tertiary/aromatic N) is 1. The molecule has 1 N–H and O–H groups in total. The summed E-state index contributed by atoms with van der Waals surface area (Å²) in [5.41, 5.74) is 3.63. The molecule has 0 radical (unpaired) electrons. The van der Waals surface area contributed by atoms with E-state index in [1.807, 2.05) is 59.2 Å². The summed E-state index contributed by atoms with van der Waals surface area (Å²) in [5, 5.41) is 9.12. The topological polar surface area (TPSA) is 69.9 Å². The third kappa shape index (κ3) is 3.96. The predicted molar refractivity (Wildman–Crippen MR) is 107 cm³/mol. The van der Waals surface area contributed by atoms with Gasteiger partial charge in [-0.2, -0.15) is 0 Å². The van der Waals surface area contributed by atoms with Crippen LogP contribution in [0.1, 0.15) is 12.1 Å². The minimum Gasteiger partial charge on any atom is -0.497 e. The summed E-state index contributed by atoms with van der Waals surface area (Å²) < 4.78 is 18.2. The number of benzene rings is 2. The summed E-state index contributed by atoms with van der Waals surface area (Å²) in [6.45, 7) is 0. The van der Waals surface area contributed by atoms with Gasteiger partial charge >= 0.3 is 5.97 Å². The lowest BCUT2D eigenvalue weighted by Gasteiger charge is -2.18. The molecule has 1 heterocycles. The van der Waals surface area contributed by atoms with Crippen LogP contribution >= 0.6 is 0 Å². The Morgan fingerprint density at radius 3 is 2.18 bits per heavy atom. The third-order valence-electron chi connectivity index (χ3n) is 4.57. The molecular formula is C22H23NO5. The fourth-order valence-electron chi connectivity index (χ4n) is 3.15. The van der Waals surface area contributed by atoms with E-state index in [0.717, 1.165) is 28.4 Å². The van der Waals surface area contributed by atoms with E-state index in [4.69, 9.17) is 19.3 Å². The Morgan fingerprint density at radius 2 is 1.57 bits per heavy atom. The van der Waals surface area contributed by atoms with Gasteiger partial charge in [-0.3, -0.25) is 4.79 Å². The first kappa shape index (κ1) is 19.4. The van der Waals surface area contributed by atoms with Crippen LogP contribution in [0.3, 0.4) is 0 Å². The molecule has 28 heavy (non-hydrogen) atoms. The van der Waals surface area contributed by atoms with Crippen LogP contribution in [0.4, 0.5) is 0 Å². The lowest BCUT2D eigenvalue weighted by atomic mass is 10.1. The zero-order chi connectivity index (χ0) is 20.1. The van der Waals surface area contributed by atoms with Gasteiger partial charge in [-0.25, -0.2) is 0 Å². The maximum absolute atomic E-state index is 11.1. The van der Waals surface area contributed by atoms with Crippen LogP contribution in [0.25, 0.3) is 16.9 Å². The highest BCUT2D eigenvalue weighted by Gasteiger charge is 2.17. The molecule has 0 aliphatic carbocycles. The van der Waals surface area contributed by atoms with Gasteiger partial charge in [0, 0.05) is 11.8 Å². The van der Waals surface area contributed by atoms with Crippen molar-refractivity contribution < 1.29 is 24.1 Å². The molecule has 1 aromatic heterocycles. The maximum Gasteiger partial charge on any atom is 0.303 e. The van der Waals surface area contributed by atoms with Gasteiger partial charge in [-0.05, 0) is 60.5 Å². The second-order valence-electron chi connectivity index (χ2n) is 6.21. The Morgan fingerprint density at radius 1 is 0.893 bits per heavy atom. The molecule has 0 atom stereocenters. The minimum absolute atomic E-state index is 0.0462. The van der Waals surface area contributed by atoms with Crippen LogP contribution < -0.4 is 14.2 Å². The van der Waals surface area contributed by atoms with Gasteiger partial charge in [0.05, 0.1) is 39.1 Å². The summed E-state index contributed by atoms with van der Waals surface area (Å²) in [5.74, 6) is 1.27. The van der Waals surface area contributed by atoms with E-state index in [1.165, 1.54) is 0 Å². The first-order valence-corrected chi connectivity index (χ1v) is 8.86. The largest absolute Gasteiger partial charge is 0.497 e. The van der Waals surface area contributed by atoms with Crippen LogP contribution in [0.15, 0.2) is 54.6 Å². The van der Waals surface area contributed by atoms with Gasteiger partial charge in [-0.1, -0.05) is 0 Å². The average Bonchev–Trinajstić information content (AvgIpc) is 3.15.